The van der Waals surface area contributed by atoms with E-state index in [9.17, 15) is 9.59 Å². The van der Waals surface area contributed by atoms with Crippen molar-refractivity contribution in [3.05, 3.63) is 57.6 Å². The maximum atomic E-state index is 11.8. The van der Waals surface area contributed by atoms with Gasteiger partial charge in [0.2, 0.25) is 0 Å². The number of halogens is 1. The Bertz CT molecular complexity index is 1010. The second-order valence-corrected chi connectivity index (χ2v) is 8.97. The summed E-state index contributed by atoms with van der Waals surface area (Å²) in [6.45, 7) is 7.39. The number of carbonyl (C=O) groups is 2. The van der Waals surface area contributed by atoms with Gasteiger partial charge in [-0.15, -0.1) is 0 Å². The third-order valence-electron chi connectivity index (χ3n) is 5.21. The molecule has 12 heteroatoms. The normalized spacial score (nSPS) is 14.5. The van der Waals surface area contributed by atoms with E-state index in [1.807, 2.05) is 24.3 Å². The van der Waals surface area contributed by atoms with E-state index in [0.717, 1.165) is 50.4 Å². The molecule has 0 spiro atoms. The standard InChI is InChI=1S/C12H14BrNO3.C12H15NO3.BHNS/c1-2-17-12(15)11-9(3-4-10(13)14-11)5-8-6-16-7-8;1-2-16-12(14)11-10(4-3-5-13-11)6-9-7-15-8-9;1-2-3/h3-4,8H,2,5-7H2,1H3;3-5,9H,2,6-8H2,1H3;3H. The van der Waals surface area contributed by atoms with Crippen molar-refractivity contribution >= 4 is 48.3 Å². The van der Waals surface area contributed by atoms with Crippen LogP contribution in [0.5, 0.6) is 0 Å². The van der Waals surface area contributed by atoms with Crippen molar-refractivity contribution in [1.82, 2.24) is 9.97 Å². The minimum absolute atomic E-state index is 0.335. The van der Waals surface area contributed by atoms with Gasteiger partial charge in [-0.2, -0.15) is 0 Å². The van der Waals surface area contributed by atoms with Crippen molar-refractivity contribution in [2.75, 3.05) is 39.6 Å². The van der Waals surface area contributed by atoms with Crippen LogP contribution in [-0.4, -0.2) is 69.2 Å². The number of esters is 2. The Morgan fingerprint density at radius 2 is 1.50 bits per heavy atom. The SMILES string of the molecule is CCOC(=O)c1nc(Br)ccc1CC1COC1.CCOC(=O)c1ncccc1CC1COC1.[B]=NS. The fourth-order valence-corrected chi connectivity index (χ4v) is 3.73. The van der Waals surface area contributed by atoms with Crippen molar-refractivity contribution in [3.63, 3.8) is 0 Å². The second-order valence-electron chi connectivity index (χ2n) is 7.92. The third-order valence-corrected chi connectivity index (χ3v) is 5.65. The van der Waals surface area contributed by atoms with Crippen LogP contribution in [0.4, 0.5) is 0 Å². The Kier molecular flexibility index (Phi) is 13.8. The summed E-state index contributed by atoms with van der Waals surface area (Å²) < 4.78 is 23.6. The number of nitrogens with zero attached hydrogens (tertiary/aromatic N) is 3. The van der Waals surface area contributed by atoms with Crippen molar-refractivity contribution in [3.8, 4) is 0 Å². The molecule has 2 fully saturated rings. The second kappa shape index (κ2) is 16.6. The van der Waals surface area contributed by atoms with Crippen molar-refractivity contribution in [2.45, 2.75) is 26.7 Å². The predicted molar refractivity (Wildman–Crippen MR) is 141 cm³/mol. The molecule has 9 nitrogen and oxygen atoms in total. The summed E-state index contributed by atoms with van der Waals surface area (Å²) in [4.78, 5) is 31.7. The van der Waals surface area contributed by atoms with Gasteiger partial charge in [-0.1, -0.05) is 12.1 Å². The van der Waals surface area contributed by atoms with Crippen molar-refractivity contribution in [1.29, 1.82) is 0 Å². The number of carbonyl (C=O) groups excluding carboxylic acids is 2. The van der Waals surface area contributed by atoms with E-state index in [1.54, 1.807) is 20.0 Å². The van der Waals surface area contributed by atoms with Gasteiger partial charge in [-0.25, -0.2) is 19.6 Å². The first-order valence-corrected chi connectivity index (χ1v) is 12.8. The first kappa shape index (κ1) is 30.1. The zero-order chi connectivity index (χ0) is 26.3. The average Bonchev–Trinajstić information content (AvgIpc) is 2.81. The van der Waals surface area contributed by atoms with Crippen LogP contribution in [0.25, 0.3) is 0 Å². The maximum absolute atomic E-state index is 11.8. The molecule has 2 saturated heterocycles. The zero-order valence-electron chi connectivity index (χ0n) is 20.4. The molecule has 2 aromatic heterocycles. The molecule has 36 heavy (non-hydrogen) atoms. The van der Waals surface area contributed by atoms with Crippen molar-refractivity contribution in [2.24, 2.45) is 16.1 Å². The fraction of sp³-hybridized carbons (Fsp3) is 0.500. The molecule has 2 aromatic rings. The molecule has 0 aromatic carbocycles. The van der Waals surface area contributed by atoms with Gasteiger partial charge in [-0.3, -0.25) is 0 Å². The average molecular weight is 579 g/mol. The molecule has 0 bridgehead atoms. The molecule has 1 radical (unpaired) electrons. The molecular weight excluding hydrogens is 549 g/mol. The van der Waals surface area contributed by atoms with E-state index in [-0.39, 0.29) is 11.9 Å². The Labute approximate surface area is 226 Å². The van der Waals surface area contributed by atoms with Crippen LogP contribution < -0.4 is 0 Å². The van der Waals surface area contributed by atoms with E-state index < -0.39 is 0 Å². The van der Waals surface area contributed by atoms with Gasteiger partial charge in [-0.05, 0) is 65.9 Å². The molecule has 2 aliphatic heterocycles. The molecule has 0 N–H and O–H groups in total. The molecule has 193 valence electrons. The van der Waals surface area contributed by atoms with E-state index in [1.165, 1.54) is 0 Å². The van der Waals surface area contributed by atoms with Gasteiger partial charge in [0.25, 0.3) is 0 Å². The molecule has 0 aliphatic carbocycles. The molecule has 0 atom stereocenters. The van der Waals surface area contributed by atoms with E-state index in [0.29, 0.717) is 41.0 Å². The van der Waals surface area contributed by atoms with Crippen LogP contribution in [0, 0.1) is 11.8 Å². The number of ether oxygens (including phenoxy) is 4. The molecule has 4 heterocycles. The van der Waals surface area contributed by atoms with Crippen LogP contribution in [0.15, 0.2) is 39.4 Å². The van der Waals surface area contributed by atoms with Gasteiger partial charge in [0.05, 0.1) is 39.6 Å². The summed E-state index contributed by atoms with van der Waals surface area (Å²) in [5.74, 6) is 0.311. The van der Waals surface area contributed by atoms with Crippen LogP contribution >= 0.6 is 28.7 Å². The Morgan fingerprint density at radius 3 is 1.97 bits per heavy atom. The molecule has 2 aliphatic rings. The summed E-state index contributed by atoms with van der Waals surface area (Å²) in [7, 11) is 4.34. The van der Waals surface area contributed by atoms with Crippen LogP contribution in [0.1, 0.15) is 46.0 Å². The number of thiol groups is 1. The molecule has 0 amide bonds. The number of hydrogen-bond acceptors (Lipinski definition) is 10. The monoisotopic (exact) mass is 578 g/mol. The zero-order valence-corrected chi connectivity index (χ0v) is 22.9. The molecule has 0 unspecified atom stereocenters. The third kappa shape index (κ3) is 9.72. The first-order chi connectivity index (χ1) is 17.4. The minimum atomic E-state index is -0.357. The molecule has 0 saturated carbocycles. The molecular formula is C24H30BBrN3O6S. The van der Waals surface area contributed by atoms with Gasteiger partial charge in [0.15, 0.2) is 11.4 Å². The van der Waals surface area contributed by atoms with Crippen LogP contribution in [0.2, 0.25) is 0 Å². The predicted octanol–water partition coefficient (Wildman–Crippen LogP) is 3.84. The summed E-state index contributed by atoms with van der Waals surface area (Å²) in [5.41, 5.74) is 2.73. The Hall–Kier alpha value is -2.15. The number of pyridine rings is 2. The first-order valence-electron chi connectivity index (χ1n) is 11.6. The van der Waals surface area contributed by atoms with Gasteiger partial charge in [0.1, 0.15) is 4.60 Å². The number of hydrogen-bond donors (Lipinski definition) is 1. The van der Waals surface area contributed by atoms with Crippen LogP contribution in [0.3, 0.4) is 0 Å². The van der Waals surface area contributed by atoms with E-state index in [2.05, 4.69) is 50.7 Å². The number of aromatic nitrogens is 2. The summed E-state index contributed by atoms with van der Waals surface area (Å²) in [6.07, 6.45) is 3.27. The quantitative estimate of drug-likeness (QED) is 0.218. The summed E-state index contributed by atoms with van der Waals surface area (Å²) in [6, 6.07) is 7.54. The summed E-state index contributed by atoms with van der Waals surface area (Å²) >= 11 is 6.46. The topological polar surface area (TPSA) is 109 Å². The van der Waals surface area contributed by atoms with Gasteiger partial charge < -0.3 is 18.9 Å². The van der Waals surface area contributed by atoms with E-state index >= 15 is 0 Å². The van der Waals surface area contributed by atoms with Gasteiger partial charge in [0, 0.05) is 18.0 Å². The fourth-order valence-electron chi connectivity index (χ4n) is 3.42. The van der Waals surface area contributed by atoms with Gasteiger partial charge >= 0.3 is 36.7 Å². The Balaban J connectivity index is 0.000000229. The van der Waals surface area contributed by atoms with Crippen LogP contribution in [-0.2, 0) is 31.8 Å². The number of rotatable bonds is 8. The Morgan fingerprint density at radius 1 is 1.00 bits per heavy atom. The summed E-state index contributed by atoms with van der Waals surface area (Å²) in [5, 5.41) is 0. The van der Waals surface area contributed by atoms with Crippen molar-refractivity contribution < 1.29 is 28.5 Å². The van der Waals surface area contributed by atoms with E-state index in [4.69, 9.17) is 18.9 Å². The molecule has 4 rings (SSSR count).